The number of hydrogen-bond donors (Lipinski definition) is 2. The molecule has 1 rings (SSSR count). The van der Waals surface area contributed by atoms with E-state index in [0.717, 1.165) is 11.1 Å². The normalized spacial score (nSPS) is 11.1. The third kappa shape index (κ3) is 5.36. The maximum Gasteiger partial charge on any atom is 0.223 e. The fraction of sp³-hybridized carbons (Fsp3) is 0.429. The average molecular weight is 280 g/mol. The molecule has 104 valence electrons. The Balaban J connectivity index is 2.55. The average Bonchev–Trinajstić information content (AvgIpc) is 2.36. The highest BCUT2D eigenvalue weighted by atomic mass is 32.1. The standard InChI is InChI=1S/C14H20N2O2S/c1-14(2,18-3)8-12(17)16-9-10-5-4-6-11(7-10)13(15)19/h4-7H,8-9H2,1-3H3,(H2,15,19)(H,16,17). The molecule has 19 heavy (non-hydrogen) atoms. The number of nitrogens with two attached hydrogens (primary N) is 1. The summed E-state index contributed by atoms with van der Waals surface area (Å²) in [6.07, 6.45) is 0.318. The number of methoxy groups -OCH3 is 1. The van der Waals surface area contributed by atoms with Crippen molar-refractivity contribution >= 4 is 23.1 Å². The first-order valence-electron chi connectivity index (χ1n) is 6.04. The van der Waals surface area contributed by atoms with Gasteiger partial charge in [0.15, 0.2) is 0 Å². The summed E-state index contributed by atoms with van der Waals surface area (Å²) in [6.45, 7) is 4.20. The van der Waals surface area contributed by atoms with Crippen molar-refractivity contribution in [2.24, 2.45) is 5.73 Å². The van der Waals surface area contributed by atoms with E-state index < -0.39 is 5.60 Å². The van der Waals surface area contributed by atoms with Crippen molar-refractivity contribution in [1.29, 1.82) is 0 Å². The maximum absolute atomic E-state index is 11.8. The van der Waals surface area contributed by atoms with Crippen molar-refractivity contribution in [3.8, 4) is 0 Å². The molecule has 0 aliphatic heterocycles. The lowest BCUT2D eigenvalue weighted by Crippen LogP contribution is -2.33. The van der Waals surface area contributed by atoms with E-state index in [1.165, 1.54) is 0 Å². The molecule has 4 nitrogen and oxygen atoms in total. The molecule has 0 aromatic heterocycles. The van der Waals surface area contributed by atoms with Gasteiger partial charge in [-0.2, -0.15) is 0 Å². The van der Waals surface area contributed by atoms with E-state index in [0.29, 0.717) is 18.0 Å². The quantitative estimate of drug-likeness (QED) is 0.779. The van der Waals surface area contributed by atoms with Crippen LogP contribution in [-0.4, -0.2) is 23.6 Å². The van der Waals surface area contributed by atoms with Crippen molar-refractivity contribution in [2.75, 3.05) is 7.11 Å². The summed E-state index contributed by atoms with van der Waals surface area (Å²) < 4.78 is 5.22. The molecule has 0 saturated heterocycles. The SMILES string of the molecule is COC(C)(C)CC(=O)NCc1cccc(C(N)=S)c1. The second-order valence-electron chi connectivity index (χ2n) is 4.98. The van der Waals surface area contributed by atoms with Crippen LogP contribution in [0.2, 0.25) is 0 Å². The molecule has 0 fully saturated rings. The van der Waals surface area contributed by atoms with Crippen molar-refractivity contribution in [3.05, 3.63) is 35.4 Å². The third-order valence-corrected chi connectivity index (χ3v) is 3.08. The van der Waals surface area contributed by atoms with Crippen LogP contribution in [0.3, 0.4) is 0 Å². The monoisotopic (exact) mass is 280 g/mol. The molecule has 0 aliphatic carbocycles. The number of thiocarbonyl (C=S) groups is 1. The molecular formula is C14H20N2O2S. The number of hydrogen-bond acceptors (Lipinski definition) is 3. The molecule has 3 N–H and O–H groups in total. The van der Waals surface area contributed by atoms with Gasteiger partial charge in [0.25, 0.3) is 0 Å². The van der Waals surface area contributed by atoms with Crippen LogP contribution in [0.1, 0.15) is 31.4 Å². The molecule has 0 unspecified atom stereocenters. The first kappa shape index (κ1) is 15.6. The Labute approximate surface area is 119 Å². The first-order chi connectivity index (χ1) is 8.84. The van der Waals surface area contributed by atoms with Gasteiger partial charge in [-0.3, -0.25) is 4.79 Å². The zero-order valence-electron chi connectivity index (χ0n) is 11.5. The molecule has 0 radical (unpaired) electrons. The van der Waals surface area contributed by atoms with E-state index >= 15 is 0 Å². The van der Waals surface area contributed by atoms with Crippen LogP contribution in [0.5, 0.6) is 0 Å². The Morgan fingerprint density at radius 3 is 2.74 bits per heavy atom. The van der Waals surface area contributed by atoms with Crippen LogP contribution in [0.15, 0.2) is 24.3 Å². The summed E-state index contributed by atoms with van der Waals surface area (Å²) in [5, 5.41) is 2.85. The van der Waals surface area contributed by atoms with Crippen molar-refractivity contribution in [2.45, 2.75) is 32.4 Å². The zero-order chi connectivity index (χ0) is 14.5. The number of nitrogens with one attached hydrogen (secondary N) is 1. The van der Waals surface area contributed by atoms with Gasteiger partial charge < -0.3 is 15.8 Å². The van der Waals surface area contributed by atoms with Gasteiger partial charge in [-0.15, -0.1) is 0 Å². The first-order valence-corrected chi connectivity index (χ1v) is 6.45. The van der Waals surface area contributed by atoms with Gasteiger partial charge >= 0.3 is 0 Å². The van der Waals surface area contributed by atoms with E-state index in [-0.39, 0.29) is 5.91 Å². The van der Waals surface area contributed by atoms with E-state index in [1.807, 2.05) is 38.1 Å². The molecule has 5 heteroatoms. The number of carbonyl (C=O) groups is 1. The summed E-state index contributed by atoms with van der Waals surface area (Å²) in [5.41, 5.74) is 6.88. The topological polar surface area (TPSA) is 64.3 Å². The van der Waals surface area contributed by atoms with Crippen LogP contribution in [0, 0.1) is 0 Å². The second kappa shape index (κ2) is 6.63. The molecule has 0 spiro atoms. The minimum absolute atomic E-state index is 0.0485. The summed E-state index contributed by atoms with van der Waals surface area (Å²) in [4.78, 5) is 12.1. The molecule has 0 bridgehead atoms. The van der Waals surface area contributed by atoms with Gasteiger partial charge in [-0.1, -0.05) is 30.4 Å². The fourth-order valence-electron chi connectivity index (χ4n) is 1.56. The Hall–Kier alpha value is -1.46. The lowest BCUT2D eigenvalue weighted by Gasteiger charge is -2.21. The molecule has 1 aromatic rings. The van der Waals surface area contributed by atoms with Crippen LogP contribution >= 0.6 is 12.2 Å². The predicted molar refractivity (Wildman–Crippen MR) is 79.9 cm³/mol. The molecule has 0 saturated carbocycles. The second-order valence-corrected chi connectivity index (χ2v) is 5.42. The molecule has 0 atom stereocenters. The lowest BCUT2D eigenvalue weighted by molar-refractivity contribution is -0.126. The smallest absolute Gasteiger partial charge is 0.223 e. The van der Waals surface area contributed by atoms with Crippen molar-refractivity contribution in [1.82, 2.24) is 5.32 Å². The van der Waals surface area contributed by atoms with Gasteiger partial charge in [0.05, 0.1) is 12.0 Å². The zero-order valence-corrected chi connectivity index (χ0v) is 12.3. The van der Waals surface area contributed by atoms with Gasteiger partial charge in [-0.05, 0) is 25.5 Å². The lowest BCUT2D eigenvalue weighted by atomic mass is 10.0. The Morgan fingerprint density at radius 2 is 2.16 bits per heavy atom. The number of ether oxygens (including phenoxy) is 1. The van der Waals surface area contributed by atoms with E-state index in [2.05, 4.69) is 5.32 Å². The maximum atomic E-state index is 11.8. The third-order valence-electron chi connectivity index (χ3n) is 2.84. The molecular weight excluding hydrogens is 260 g/mol. The Kier molecular flexibility index (Phi) is 5.44. The van der Waals surface area contributed by atoms with Gasteiger partial charge in [-0.25, -0.2) is 0 Å². The highest BCUT2D eigenvalue weighted by Gasteiger charge is 2.20. The van der Waals surface area contributed by atoms with Crippen LogP contribution < -0.4 is 11.1 Å². The van der Waals surface area contributed by atoms with E-state index in [1.54, 1.807) is 7.11 Å². The summed E-state index contributed by atoms with van der Waals surface area (Å²) in [7, 11) is 1.60. The van der Waals surface area contributed by atoms with Gasteiger partial charge in [0.1, 0.15) is 4.99 Å². The van der Waals surface area contributed by atoms with Crippen molar-refractivity contribution < 1.29 is 9.53 Å². The number of benzene rings is 1. The van der Waals surface area contributed by atoms with E-state index in [9.17, 15) is 4.79 Å². The number of rotatable bonds is 6. The summed E-state index contributed by atoms with van der Waals surface area (Å²) in [5.74, 6) is -0.0485. The minimum Gasteiger partial charge on any atom is -0.389 e. The largest absolute Gasteiger partial charge is 0.389 e. The summed E-state index contributed by atoms with van der Waals surface area (Å²) in [6, 6.07) is 7.52. The summed E-state index contributed by atoms with van der Waals surface area (Å²) >= 11 is 4.92. The van der Waals surface area contributed by atoms with Crippen molar-refractivity contribution in [3.63, 3.8) is 0 Å². The van der Waals surface area contributed by atoms with Gasteiger partial charge in [0.2, 0.25) is 5.91 Å². The van der Waals surface area contributed by atoms with Crippen LogP contribution in [0.4, 0.5) is 0 Å². The molecule has 0 heterocycles. The number of carbonyl (C=O) groups excluding carboxylic acids is 1. The Morgan fingerprint density at radius 1 is 1.47 bits per heavy atom. The van der Waals surface area contributed by atoms with Gasteiger partial charge in [0, 0.05) is 19.2 Å². The van der Waals surface area contributed by atoms with E-state index in [4.69, 9.17) is 22.7 Å². The molecule has 1 amide bonds. The van der Waals surface area contributed by atoms with Crippen LogP contribution in [-0.2, 0) is 16.1 Å². The highest BCUT2D eigenvalue weighted by Crippen LogP contribution is 2.12. The minimum atomic E-state index is -0.454. The molecule has 0 aliphatic rings. The number of amides is 1. The highest BCUT2D eigenvalue weighted by molar-refractivity contribution is 7.80. The Bertz CT molecular complexity index is 472. The molecule has 1 aromatic carbocycles. The fourth-order valence-corrected chi connectivity index (χ4v) is 1.68. The predicted octanol–water partition coefficient (Wildman–Crippen LogP) is 1.75. The van der Waals surface area contributed by atoms with Crippen LogP contribution in [0.25, 0.3) is 0 Å².